The van der Waals surface area contributed by atoms with Crippen molar-refractivity contribution >= 4 is 0 Å². The number of alkyl halides is 5. The maximum Gasteiger partial charge on any atom is 0.453 e. The van der Waals surface area contributed by atoms with Crippen molar-refractivity contribution in [2.45, 2.75) is 58.6 Å². The van der Waals surface area contributed by atoms with E-state index in [9.17, 15) is 22.0 Å². The van der Waals surface area contributed by atoms with Crippen LogP contribution in [0.15, 0.2) is 0 Å². The summed E-state index contributed by atoms with van der Waals surface area (Å²) in [5.74, 6) is -3.74. The standard InChI is InChI=1S/C11H19F5/c1-8(2)9(3)6-4-5-7-10(12,13)11(14,15)16/h8-9H,4-7H2,1-3H3. The van der Waals surface area contributed by atoms with Crippen molar-refractivity contribution in [2.75, 3.05) is 0 Å². The van der Waals surface area contributed by atoms with Crippen LogP contribution < -0.4 is 0 Å². The molecule has 0 rings (SSSR count). The van der Waals surface area contributed by atoms with Crippen molar-refractivity contribution in [3.05, 3.63) is 0 Å². The van der Waals surface area contributed by atoms with Gasteiger partial charge in [0.2, 0.25) is 0 Å². The van der Waals surface area contributed by atoms with Gasteiger partial charge in [0.15, 0.2) is 0 Å². The molecule has 0 aliphatic carbocycles. The summed E-state index contributed by atoms with van der Waals surface area (Å²) >= 11 is 0. The van der Waals surface area contributed by atoms with E-state index in [1.807, 2.05) is 20.8 Å². The fourth-order valence-electron chi connectivity index (χ4n) is 1.29. The minimum atomic E-state index is -5.41. The lowest BCUT2D eigenvalue weighted by Crippen LogP contribution is -2.36. The first-order valence-electron chi connectivity index (χ1n) is 5.52. The summed E-state index contributed by atoms with van der Waals surface area (Å²) < 4.78 is 60.4. The fourth-order valence-corrected chi connectivity index (χ4v) is 1.29. The molecule has 0 aromatic rings. The zero-order chi connectivity index (χ0) is 13.0. The van der Waals surface area contributed by atoms with Gasteiger partial charge in [0, 0.05) is 6.42 Å². The quantitative estimate of drug-likeness (QED) is 0.455. The highest BCUT2D eigenvalue weighted by Crippen LogP contribution is 2.39. The highest BCUT2D eigenvalue weighted by atomic mass is 19.4. The van der Waals surface area contributed by atoms with Crippen LogP contribution in [0.4, 0.5) is 22.0 Å². The Hall–Kier alpha value is -0.350. The van der Waals surface area contributed by atoms with Gasteiger partial charge in [-0.15, -0.1) is 0 Å². The molecule has 0 amide bonds. The monoisotopic (exact) mass is 246 g/mol. The Bertz CT molecular complexity index is 195. The van der Waals surface area contributed by atoms with Gasteiger partial charge >= 0.3 is 12.1 Å². The molecule has 0 aliphatic heterocycles. The van der Waals surface area contributed by atoms with Gasteiger partial charge in [0.05, 0.1) is 0 Å². The van der Waals surface area contributed by atoms with Crippen molar-refractivity contribution in [2.24, 2.45) is 11.8 Å². The van der Waals surface area contributed by atoms with Gasteiger partial charge in [0.25, 0.3) is 0 Å². The van der Waals surface area contributed by atoms with Crippen molar-refractivity contribution in [1.29, 1.82) is 0 Å². The highest BCUT2D eigenvalue weighted by Gasteiger charge is 2.56. The van der Waals surface area contributed by atoms with Crippen LogP contribution in [0.3, 0.4) is 0 Å². The predicted octanol–water partition coefficient (Wildman–Crippen LogP) is 5.04. The maximum atomic E-state index is 12.5. The Balaban J connectivity index is 3.83. The van der Waals surface area contributed by atoms with Crippen LogP contribution in [0.25, 0.3) is 0 Å². The third kappa shape index (κ3) is 5.12. The Morgan fingerprint density at radius 1 is 0.875 bits per heavy atom. The van der Waals surface area contributed by atoms with E-state index in [0.717, 1.165) is 0 Å². The molecule has 0 nitrogen and oxygen atoms in total. The maximum absolute atomic E-state index is 12.5. The van der Waals surface area contributed by atoms with Crippen LogP contribution in [-0.2, 0) is 0 Å². The lowest BCUT2D eigenvalue weighted by Gasteiger charge is -2.20. The molecule has 0 saturated carbocycles. The van der Waals surface area contributed by atoms with Crippen molar-refractivity contribution < 1.29 is 22.0 Å². The molecule has 1 unspecified atom stereocenters. The first-order valence-corrected chi connectivity index (χ1v) is 5.52. The second-order valence-electron chi connectivity index (χ2n) is 4.67. The van der Waals surface area contributed by atoms with Crippen LogP contribution in [0.1, 0.15) is 46.5 Å². The van der Waals surface area contributed by atoms with E-state index in [-0.39, 0.29) is 6.42 Å². The summed E-state index contributed by atoms with van der Waals surface area (Å²) in [7, 11) is 0. The molecule has 0 N–H and O–H groups in total. The fraction of sp³-hybridized carbons (Fsp3) is 1.00. The normalized spacial score (nSPS) is 15.6. The Labute approximate surface area is 93.2 Å². The number of halogens is 5. The van der Waals surface area contributed by atoms with Crippen LogP contribution in [0, 0.1) is 11.8 Å². The smallest absolute Gasteiger partial charge is 0.196 e. The molecular formula is C11H19F5. The van der Waals surface area contributed by atoms with Crippen LogP contribution in [0.5, 0.6) is 0 Å². The Kier molecular flexibility index (Phi) is 5.70. The van der Waals surface area contributed by atoms with Gasteiger partial charge in [-0.1, -0.05) is 33.6 Å². The van der Waals surface area contributed by atoms with Gasteiger partial charge in [-0.25, -0.2) is 0 Å². The van der Waals surface area contributed by atoms with Crippen LogP contribution in [0.2, 0.25) is 0 Å². The number of hydrogen-bond donors (Lipinski definition) is 0. The molecule has 1 atom stereocenters. The van der Waals surface area contributed by atoms with Gasteiger partial charge < -0.3 is 0 Å². The van der Waals surface area contributed by atoms with E-state index < -0.39 is 18.5 Å². The summed E-state index contributed by atoms with van der Waals surface area (Å²) in [6, 6.07) is 0. The molecule has 0 aromatic carbocycles. The molecule has 16 heavy (non-hydrogen) atoms. The zero-order valence-corrected chi connectivity index (χ0v) is 9.87. The van der Waals surface area contributed by atoms with Crippen molar-refractivity contribution in [3.8, 4) is 0 Å². The minimum absolute atomic E-state index is 0.0798. The lowest BCUT2D eigenvalue weighted by molar-refractivity contribution is -0.284. The third-order valence-corrected chi connectivity index (χ3v) is 2.95. The second-order valence-corrected chi connectivity index (χ2v) is 4.67. The molecule has 0 aliphatic rings. The number of rotatable bonds is 6. The number of unbranched alkanes of at least 4 members (excludes halogenated alkanes) is 1. The van der Waals surface area contributed by atoms with Crippen LogP contribution >= 0.6 is 0 Å². The van der Waals surface area contributed by atoms with Crippen molar-refractivity contribution in [3.63, 3.8) is 0 Å². The molecule has 0 aromatic heterocycles. The summed E-state index contributed by atoms with van der Waals surface area (Å²) in [5.41, 5.74) is 0. The molecule has 0 bridgehead atoms. The molecule has 0 heterocycles. The number of hydrogen-bond acceptors (Lipinski definition) is 0. The zero-order valence-electron chi connectivity index (χ0n) is 9.87. The van der Waals surface area contributed by atoms with Crippen LogP contribution in [-0.4, -0.2) is 12.1 Å². The SMILES string of the molecule is CC(C)C(C)CCCCC(F)(F)C(F)(F)F. The average Bonchev–Trinajstić information content (AvgIpc) is 2.09. The Morgan fingerprint density at radius 2 is 1.38 bits per heavy atom. The van der Waals surface area contributed by atoms with E-state index in [1.165, 1.54) is 0 Å². The Morgan fingerprint density at radius 3 is 1.75 bits per heavy atom. The molecule has 0 saturated heterocycles. The van der Waals surface area contributed by atoms with E-state index in [1.54, 1.807) is 0 Å². The molecule has 0 spiro atoms. The van der Waals surface area contributed by atoms with Gasteiger partial charge in [-0.2, -0.15) is 22.0 Å². The topological polar surface area (TPSA) is 0 Å². The average molecular weight is 246 g/mol. The van der Waals surface area contributed by atoms with E-state index >= 15 is 0 Å². The first kappa shape index (κ1) is 15.7. The summed E-state index contributed by atoms with van der Waals surface area (Å²) in [6.45, 7) is 6.00. The predicted molar refractivity (Wildman–Crippen MR) is 53.5 cm³/mol. The molecule has 0 fully saturated rings. The molecular weight excluding hydrogens is 227 g/mol. The summed E-state index contributed by atoms with van der Waals surface area (Å²) in [6.07, 6.45) is -5.46. The van der Waals surface area contributed by atoms with Gasteiger partial charge in [-0.05, 0) is 18.3 Å². The van der Waals surface area contributed by atoms with E-state index in [0.29, 0.717) is 24.7 Å². The van der Waals surface area contributed by atoms with Gasteiger partial charge in [-0.3, -0.25) is 0 Å². The molecule has 0 radical (unpaired) electrons. The summed E-state index contributed by atoms with van der Waals surface area (Å²) in [5, 5.41) is 0. The molecule has 98 valence electrons. The van der Waals surface area contributed by atoms with E-state index in [4.69, 9.17) is 0 Å². The second kappa shape index (κ2) is 5.82. The largest absolute Gasteiger partial charge is 0.453 e. The summed E-state index contributed by atoms with van der Waals surface area (Å²) in [4.78, 5) is 0. The third-order valence-electron chi connectivity index (χ3n) is 2.95. The van der Waals surface area contributed by atoms with Crippen molar-refractivity contribution in [1.82, 2.24) is 0 Å². The highest BCUT2D eigenvalue weighted by molar-refractivity contribution is 4.75. The first-order chi connectivity index (χ1) is 7.08. The van der Waals surface area contributed by atoms with E-state index in [2.05, 4.69) is 0 Å². The lowest BCUT2D eigenvalue weighted by atomic mass is 9.92. The minimum Gasteiger partial charge on any atom is -0.196 e. The molecule has 5 heteroatoms. The van der Waals surface area contributed by atoms with Gasteiger partial charge in [0.1, 0.15) is 0 Å².